The first kappa shape index (κ1) is 27.7. The van der Waals surface area contributed by atoms with Gasteiger partial charge in [0.1, 0.15) is 18.3 Å². The second kappa shape index (κ2) is 9.97. The van der Waals surface area contributed by atoms with E-state index in [-0.39, 0.29) is 5.56 Å². The van der Waals surface area contributed by atoms with E-state index in [1.54, 1.807) is 0 Å². The van der Waals surface area contributed by atoms with E-state index in [2.05, 4.69) is 13.1 Å². The molecular weight excluding hydrogens is 523 g/mol. The highest BCUT2D eigenvalue weighted by atomic mass is 31.3. The van der Waals surface area contributed by atoms with Crippen molar-refractivity contribution in [2.75, 3.05) is 6.61 Å². The van der Waals surface area contributed by atoms with Crippen molar-refractivity contribution in [3.8, 4) is 0 Å². The molecule has 1 aliphatic rings. The van der Waals surface area contributed by atoms with Gasteiger partial charge in [0.25, 0.3) is 5.56 Å². The fraction of sp³-hybridized carbons (Fsp3) is 0.545. The number of aromatic nitrogens is 2. The molecule has 0 radical (unpaired) electrons. The summed E-state index contributed by atoms with van der Waals surface area (Å²) in [7, 11) is -16.9. The maximum atomic E-state index is 12.1. The number of carbonyl (C=O) groups excluding carboxylic acids is 1. The van der Waals surface area contributed by atoms with Crippen molar-refractivity contribution < 1.29 is 66.2 Å². The molecule has 6 atom stereocenters. The number of phosphoric ester groups is 1. The van der Waals surface area contributed by atoms with Crippen LogP contribution in [0.1, 0.15) is 11.8 Å². The minimum atomic E-state index is -5.78. The highest BCUT2D eigenvalue weighted by Crippen LogP contribution is 2.66. The minimum Gasteiger partial charge on any atom is -0.387 e. The van der Waals surface area contributed by atoms with Gasteiger partial charge in [0.05, 0.1) is 13.0 Å². The molecule has 1 aromatic heterocycles. The molecule has 0 aliphatic carbocycles. The van der Waals surface area contributed by atoms with Gasteiger partial charge in [-0.25, -0.2) is 18.5 Å². The maximum absolute atomic E-state index is 12.1. The largest absolute Gasteiger partial charge is 0.490 e. The Labute approximate surface area is 181 Å². The van der Waals surface area contributed by atoms with Crippen molar-refractivity contribution in [3.63, 3.8) is 0 Å². The third kappa shape index (κ3) is 7.73. The summed E-state index contributed by atoms with van der Waals surface area (Å²) < 4.78 is 50.8. The topological polar surface area (TPSA) is 307 Å². The molecule has 0 bridgehead atoms. The van der Waals surface area contributed by atoms with E-state index < -0.39 is 78.2 Å². The summed E-state index contributed by atoms with van der Waals surface area (Å²) in [5.41, 5.74) is 2.63. The fourth-order valence-electron chi connectivity index (χ4n) is 2.60. The van der Waals surface area contributed by atoms with Crippen molar-refractivity contribution in [3.05, 3.63) is 32.6 Å². The van der Waals surface area contributed by atoms with Crippen LogP contribution in [0.4, 0.5) is 0 Å². The molecular formula is C11H18N3O16P3. The van der Waals surface area contributed by atoms with Gasteiger partial charge in [-0.1, -0.05) is 0 Å². The zero-order chi connectivity index (χ0) is 25.4. The maximum Gasteiger partial charge on any atom is 0.490 e. The number of nitrogens with two attached hydrogens (primary N) is 1. The summed E-state index contributed by atoms with van der Waals surface area (Å²) >= 11 is 0. The summed E-state index contributed by atoms with van der Waals surface area (Å²) in [5, 5.41) is 20.2. The van der Waals surface area contributed by atoms with E-state index in [9.17, 15) is 43.2 Å². The van der Waals surface area contributed by atoms with Gasteiger partial charge in [0.15, 0.2) is 6.23 Å². The van der Waals surface area contributed by atoms with Crippen LogP contribution in [0.5, 0.6) is 0 Å². The van der Waals surface area contributed by atoms with Crippen LogP contribution < -0.4 is 17.0 Å². The van der Waals surface area contributed by atoms with Crippen LogP contribution in [-0.2, 0) is 42.8 Å². The number of H-pyrrole nitrogens is 1. The van der Waals surface area contributed by atoms with Gasteiger partial charge >= 0.3 is 29.2 Å². The van der Waals surface area contributed by atoms with Crippen molar-refractivity contribution in [2.24, 2.45) is 5.73 Å². The lowest BCUT2D eigenvalue weighted by Gasteiger charge is -2.19. The third-order valence-electron chi connectivity index (χ3n) is 3.84. The number of carbonyl (C=O) groups is 1. The molecule has 2 heterocycles. The van der Waals surface area contributed by atoms with Crippen LogP contribution >= 0.6 is 23.5 Å². The van der Waals surface area contributed by atoms with Crippen molar-refractivity contribution >= 4 is 29.4 Å². The number of amides is 1. The second-order valence-corrected chi connectivity index (χ2v) is 10.8. The van der Waals surface area contributed by atoms with Gasteiger partial charge < -0.3 is 40.3 Å². The van der Waals surface area contributed by atoms with E-state index in [4.69, 9.17) is 25.2 Å². The molecule has 22 heteroatoms. The number of hydrogen-bond acceptors (Lipinski definition) is 12. The number of aliphatic hydroxyl groups excluding tert-OH is 2. The number of phosphoric acid groups is 3. The van der Waals surface area contributed by atoms with Gasteiger partial charge in [0.2, 0.25) is 5.91 Å². The summed E-state index contributed by atoms with van der Waals surface area (Å²) in [6, 6.07) is 0. The number of rotatable bonds is 10. The fourth-order valence-corrected chi connectivity index (χ4v) is 5.63. The van der Waals surface area contributed by atoms with Gasteiger partial charge in [-0.05, 0) is 0 Å². The average molecular weight is 541 g/mol. The highest BCUT2D eigenvalue weighted by molar-refractivity contribution is 7.66. The molecule has 1 fully saturated rings. The molecule has 0 aromatic carbocycles. The number of hydrogen-bond donors (Lipinski definition) is 8. The summed E-state index contributed by atoms with van der Waals surface area (Å²) in [6.45, 7) is -1.12. The van der Waals surface area contributed by atoms with Gasteiger partial charge in [0, 0.05) is 11.8 Å². The summed E-state index contributed by atoms with van der Waals surface area (Å²) in [6.07, 6.45) is -6.91. The molecule has 0 spiro atoms. The molecule has 33 heavy (non-hydrogen) atoms. The van der Waals surface area contributed by atoms with Crippen molar-refractivity contribution in [2.45, 2.75) is 31.0 Å². The Morgan fingerprint density at radius 3 is 2.24 bits per heavy atom. The number of aromatic amines is 1. The molecule has 1 aliphatic heterocycles. The number of primary amides is 1. The summed E-state index contributed by atoms with van der Waals surface area (Å²) in [5.74, 6) is -0.924. The molecule has 19 nitrogen and oxygen atoms in total. The first-order chi connectivity index (χ1) is 14.9. The van der Waals surface area contributed by atoms with Crippen LogP contribution in [0.3, 0.4) is 0 Å². The van der Waals surface area contributed by atoms with Crippen molar-refractivity contribution in [1.82, 2.24) is 9.55 Å². The zero-order valence-electron chi connectivity index (χ0n) is 15.9. The first-order valence-electron chi connectivity index (χ1n) is 8.33. The van der Waals surface area contributed by atoms with Crippen LogP contribution in [0.25, 0.3) is 0 Å². The lowest BCUT2D eigenvalue weighted by molar-refractivity contribution is -0.117. The van der Waals surface area contributed by atoms with E-state index in [1.165, 1.54) is 0 Å². The van der Waals surface area contributed by atoms with Gasteiger partial charge in [-0.2, -0.15) is 8.62 Å². The smallest absolute Gasteiger partial charge is 0.387 e. The Hall–Kier alpha value is -1.56. The highest BCUT2D eigenvalue weighted by Gasteiger charge is 2.46. The normalized spacial score (nSPS) is 27.1. The summed E-state index contributed by atoms with van der Waals surface area (Å²) in [4.78, 5) is 72.2. The molecule has 188 valence electrons. The van der Waals surface area contributed by atoms with Gasteiger partial charge in [-0.15, -0.1) is 0 Å². The minimum absolute atomic E-state index is 0.288. The molecule has 2 rings (SSSR count). The van der Waals surface area contributed by atoms with Crippen LogP contribution in [0, 0.1) is 0 Å². The standard InChI is InChI=1S/C11H18N3O16P3/c12-6(15)1-4-2-14(11(19)13-9(4)18)10-8(17)7(16)5(28-10)3-27-32(23,24)30-33(25,26)29-31(20,21)22/h2,5,7-8,10,16-17H,1,3H2,(H2,12,15)(H,23,24)(H,25,26)(H,13,18,19)(H2,20,21,22)/t5-,7+,8+,10-/m1/s1. The van der Waals surface area contributed by atoms with E-state index in [1.807, 2.05) is 4.98 Å². The van der Waals surface area contributed by atoms with E-state index in [0.717, 1.165) is 6.20 Å². The Morgan fingerprint density at radius 1 is 1.09 bits per heavy atom. The monoisotopic (exact) mass is 541 g/mol. The average Bonchev–Trinajstić information content (AvgIpc) is 2.87. The second-order valence-electron chi connectivity index (χ2n) is 6.40. The molecule has 0 saturated carbocycles. The van der Waals surface area contributed by atoms with Crippen LogP contribution in [0.2, 0.25) is 0 Å². The number of ether oxygens (including phenoxy) is 1. The molecule has 1 saturated heterocycles. The molecule has 2 unspecified atom stereocenters. The lowest BCUT2D eigenvalue weighted by Crippen LogP contribution is -2.39. The Bertz CT molecular complexity index is 1160. The predicted molar refractivity (Wildman–Crippen MR) is 100.0 cm³/mol. The van der Waals surface area contributed by atoms with Crippen LogP contribution in [-0.4, -0.2) is 70.2 Å². The molecule has 1 aromatic rings. The Kier molecular flexibility index (Phi) is 8.36. The lowest BCUT2D eigenvalue weighted by atomic mass is 10.1. The van der Waals surface area contributed by atoms with E-state index in [0.29, 0.717) is 4.57 Å². The molecule has 1 amide bonds. The predicted octanol–water partition coefficient (Wildman–Crippen LogP) is -3.47. The third-order valence-corrected chi connectivity index (χ3v) is 7.64. The zero-order valence-corrected chi connectivity index (χ0v) is 18.6. The van der Waals surface area contributed by atoms with Crippen molar-refractivity contribution in [1.29, 1.82) is 0 Å². The number of aliphatic hydroxyl groups is 2. The Morgan fingerprint density at radius 2 is 1.70 bits per heavy atom. The molecule has 9 N–H and O–H groups in total. The number of nitrogens with one attached hydrogen (secondary N) is 1. The number of nitrogens with zero attached hydrogens (tertiary/aromatic N) is 1. The van der Waals surface area contributed by atoms with Gasteiger partial charge in [-0.3, -0.25) is 23.7 Å². The van der Waals surface area contributed by atoms with E-state index >= 15 is 0 Å². The first-order valence-corrected chi connectivity index (χ1v) is 12.9. The quantitative estimate of drug-likeness (QED) is 0.133. The SMILES string of the molecule is NC(=O)Cc1cn([C@@H]2O[C@H](COP(=O)(O)OP(=O)(O)OP(=O)(O)O)[C@H](O)[C@@H]2O)c(=O)[nH]c1=O. The Balaban J connectivity index is 2.15. The van der Waals surface area contributed by atoms with Crippen LogP contribution in [0.15, 0.2) is 15.8 Å².